The lowest BCUT2D eigenvalue weighted by Gasteiger charge is -2.14. The van der Waals surface area contributed by atoms with Gasteiger partial charge in [-0.1, -0.05) is 83.9 Å². The van der Waals surface area contributed by atoms with E-state index in [-0.39, 0.29) is 11.5 Å². The van der Waals surface area contributed by atoms with Crippen LogP contribution in [-0.4, -0.2) is 31.9 Å². The van der Waals surface area contributed by atoms with Gasteiger partial charge in [0, 0.05) is 38.5 Å². The molecule has 0 aliphatic carbocycles. The third kappa shape index (κ3) is 6.83. The van der Waals surface area contributed by atoms with Gasteiger partial charge < -0.3 is 5.11 Å². The molecular weight excluding hydrogens is 508 g/mol. The Hall–Kier alpha value is -2.95. The highest BCUT2D eigenvalue weighted by Crippen LogP contribution is 2.34. The van der Waals surface area contributed by atoms with Crippen LogP contribution in [0.1, 0.15) is 16.7 Å². The Kier molecular flexibility index (Phi) is 8.95. The molecule has 0 amide bonds. The van der Waals surface area contributed by atoms with E-state index in [0.29, 0.717) is 21.4 Å². The van der Waals surface area contributed by atoms with Crippen molar-refractivity contribution in [2.75, 3.05) is 11.5 Å². The van der Waals surface area contributed by atoms with E-state index in [1.54, 1.807) is 12.1 Å². The minimum absolute atomic E-state index is 0.140. The fraction of sp³-hybridized carbons (Fsp3) is 0.172. The summed E-state index contributed by atoms with van der Waals surface area (Å²) < 4.78 is 12.6. The summed E-state index contributed by atoms with van der Waals surface area (Å²) in [4.78, 5) is 4.80. The number of aryl methyl sites for hydroxylation is 1. The molecule has 0 radical (unpaired) electrons. The molecule has 4 rings (SSSR count). The van der Waals surface area contributed by atoms with Gasteiger partial charge in [-0.2, -0.15) is 5.26 Å². The van der Waals surface area contributed by atoms with E-state index < -0.39 is 16.9 Å². The molecule has 0 bridgehead atoms. The van der Waals surface area contributed by atoms with Crippen LogP contribution in [0.2, 0.25) is 5.02 Å². The number of hydrogen-bond acceptors (Lipinski definition) is 5. The number of benzene rings is 3. The van der Waals surface area contributed by atoms with Gasteiger partial charge in [-0.25, -0.2) is 4.98 Å². The highest BCUT2D eigenvalue weighted by Gasteiger charge is 2.18. The third-order valence-corrected chi connectivity index (χ3v) is 8.35. The molecule has 1 N–H and O–H groups in total. The molecule has 36 heavy (non-hydrogen) atoms. The predicted octanol–water partition coefficient (Wildman–Crippen LogP) is 6.65. The number of aromatic nitrogens is 1. The lowest BCUT2D eigenvalue weighted by atomic mass is 9.99. The number of hydrogen-bond donors (Lipinski definition) is 1. The van der Waals surface area contributed by atoms with E-state index in [4.69, 9.17) is 16.6 Å². The van der Waals surface area contributed by atoms with Gasteiger partial charge >= 0.3 is 0 Å². The first-order valence-electron chi connectivity index (χ1n) is 11.4. The minimum atomic E-state index is -1.24. The molecule has 7 heteroatoms. The van der Waals surface area contributed by atoms with Crippen LogP contribution >= 0.6 is 23.4 Å². The predicted molar refractivity (Wildman–Crippen MR) is 149 cm³/mol. The first-order valence-corrected chi connectivity index (χ1v) is 14.3. The number of pyridine rings is 1. The molecule has 0 aliphatic heterocycles. The average Bonchev–Trinajstić information content (AvgIpc) is 2.89. The van der Waals surface area contributed by atoms with Gasteiger partial charge in [-0.15, -0.1) is 11.8 Å². The normalized spacial score (nSPS) is 12.6. The summed E-state index contributed by atoms with van der Waals surface area (Å²) >= 11 is 7.23. The van der Waals surface area contributed by atoms with Crippen LogP contribution in [0.5, 0.6) is 0 Å². The summed E-state index contributed by atoms with van der Waals surface area (Å²) in [5.41, 5.74) is 5.97. The first-order chi connectivity index (χ1) is 17.4. The van der Waals surface area contributed by atoms with E-state index in [2.05, 4.69) is 6.07 Å². The Balaban J connectivity index is 1.56. The topological polar surface area (TPSA) is 74.0 Å². The van der Waals surface area contributed by atoms with E-state index in [1.165, 1.54) is 11.8 Å². The molecule has 4 aromatic rings. The number of aliphatic hydroxyl groups excluding tert-OH is 1. The summed E-state index contributed by atoms with van der Waals surface area (Å²) in [7, 11) is -1.24. The van der Waals surface area contributed by atoms with Gasteiger partial charge in [0.2, 0.25) is 0 Å². The molecule has 1 heterocycles. The minimum Gasteiger partial charge on any atom is -0.391 e. The fourth-order valence-electron chi connectivity index (χ4n) is 3.72. The van der Waals surface area contributed by atoms with Crippen molar-refractivity contribution >= 4 is 34.2 Å². The molecule has 0 spiro atoms. The van der Waals surface area contributed by atoms with Gasteiger partial charge in [0.15, 0.2) is 0 Å². The zero-order chi connectivity index (χ0) is 25.5. The van der Waals surface area contributed by atoms with Crippen LogP contribution in [0.3, 0.4) is 0 Å². The fourth-order valence-corrected chi connectivity index (χ4v) is 6.15. The highest BCUT2D eigenvalue weighted by molar-refractivity contribution is 7.99. The monoisotopic (exact) mass is 532 g/mol. The Morgan fingerprint density at radius 2 is 1.72 bits per heavy atom. The molecule has 182 valence electrons. The smallest absolute Gasteiger partial charge is 0.115 e. The van der Waals surface area contributed by atoms with Crippen molar-refractivity contribution in [2.45, 2.75) is 23.8 Å². The number of nitriles is 1. The van der Waals surface area contributed by atoms with Crippen molar-refractivity contribution < 1.29 is 9.32 Å². The van der Waals surface area contributed by atoms with Crippen LogP contribution in [0.4, 0.5) is 0 Å². The van der Waals surface area contributed by atoms with Crippen molar-refractivity contribution in [3.63, 3.8) is 0 Å². The second-order valence-corrected chi connectivity index (χ2v) is 11.4. The Morgan fingerprint density at radius 3 is 2.39 bits per heavy atom. The van der Waals surface area contributed by atoms with Crippen LogP contribution in [0, 0.1) is 18.3 Å². The van der Waals surface area contributed by atoms with Crippen molar-refractivity contribution in [3.8, 4) is 28.5 Å². The second-order valence-electron chi connectivity index (χ2n) is 8.42. The van der Waals surface area contributed by atoms with Crippen molar-refractivity contribution in [1.29, 1.82) is 5.26 Å². The standard InChI is InChI=1S/C29H25ClN2O2S2/c1-20-7-11-23(12-8-20)28-15-26(22-5-3-2-4-6-22)27(16-31)29(32-28)35-17-25(33)19-36(34)18-21-9-13-24(30)14-10-21/h2-15,25,33H,17-19H2,1H3/t25-,36-/m1/s1. The third-order valence-electron chi connectivity index (χ3n) is 5.56. The molecule has 0 saturated carbocycles. The van der Waals surface area contributed by atoms with E-state index in [1.807, 2.05) is 79.7 Å². The van der Waals surface area contributed by atoms with Crippen LogP contribution in [0.25, 0.3) is 22.4 Å². The summed E-state index contributed by atoms with van der Waals surface area (Å²) in [6.45, 7) is 2.03. The van der Waals surface area contributed by atoms with Gasteiger partial charge in [0.05, 0.1) is 23.1 Å². The highest BCUT2D eigenvalue weighted by atomic mass is 35.5. The zero-order valence-corrected chi connectivity index (χ0v) is 22.1. The lowest BCUT2D eigenvalue weighted by molar-refractivity contribution is 0.224. The Labute approximate surface area is 223 Å². The largest absolute Gasteiger partial charge is 0.391 e. The number of thioether (sulfide) groups is 1. The number of halogens is 1. The quantitative estimate of drug-likeness (QED) is 0.244. The molecule has 1 aromatic heterocycles. The molecule has 2 atom stereocenters. The maximum atomic E-state index is 12.6. The maximum Gasteiger partial charge on any atom is 0.115 e. The molecular formula is C29H25ClN2O2S2. The Morgan fingerprint density at radius 1 is 1.03 bits per heavy atom. The number of aliphatic hydroxyl groups is 1. The van der Waals surface area contributed by atoms with E-state index in [0.717, 1.165) is 33.5 Å². The summed E-state index contributed by atoms with van der Waals surface area (Å²) in [6, 6.07) is 29.3. The van der Waals surface area contributed by atoms with Crippen LogP contribution in [0.15, 0.2) is 90.0 Å². The van der Waals surface area contributed by atoms with Gasteiger partial charge in [-0.3, -0.25) is 4.21 Å². The van der Waals surface area contributed by atoms with Crippen LogP contribution in [-0.2, 0) is 16.6 Å². The lowest BCUT2D eigenvalue weighted by Crippen LogP contribution is -2.20. The molecule has 0 saturated heterocycles. The molecule has 0 aliphatic rings. The maximum absolute atomic E-state index is 12.6. The average molecular weight is 533 g/mol. The van der Waals surface area contributed by atoms with Crippen molar-refractivity contribution in [2.24, 2.45) is 0 Å². The molecule has 0 fully saturated rings. The van der Waals surface area contributed by atoms with Gasteiger partial charge in [-0.05, 0) is 36.2 Å². The number of rotatable bonds is 9. The SMILES string of the molecule is Cc1ccc(-c2cc(-c3ccccc3)c(C#N)c(SC[C@@H](O)C[S@](=O)Cc3ccc(Cl)cc3)n2)cc1. The van der Waals surface area contributed by atoms with Crippen molar-refractivity contribution in [1.82, 2.24) is 4.98 Å². The summed E-state index contributed by atoms with van der Waals surface area (Å²) in [5.74, 6) is 0.766. The molecule has 0 unspecified atom stereocenters. The second kappa shape index (κ2) is 12.3. The first kappa shape index (κ1) is 26.1. The van der Waals surface area contributed by atoms with E-state index in [9.17, 15) is 14.6 Å². The van der Waals surface area contributed by atoms with Crippen molar-refractivity contribution in [3.05, 3.63) is 107 Å². The number of nitrogens with zero attached hydrogens (tertiary/aromatic N) is 2. The Bertz CT molecular complexity index is 1390. The van der Waals surface area contributed by atoms with Gasteiger partial charge in [0.25, 0.3) is 0 Å². The summed E-state index contributed by atoms with van der Waals surface area (Å²) in [6.07, 6.45) is -0.806. The zero-order valence-electron chi connectivity index (χ0n) is 19.7. The van der Waals surface area contributed by atoms with Crippen LogP contribution < -0.4 is 0 Å². The van der Waals surface area contributed by atoms with Gasteiger partial charge in [0.1, 0.15) is 11.1 Å². The molecule has 4 nitrogen and oxygen atoms in total. The van der Waals surface area contributed by atoms with E-state index >= 15 is 0 Å². The molecule has 3 aromatic carbocycles. The summed E-state index contributed by atoms with van der Waals surface area (Å²) in [5, 5.41) is 21.8.